The number of aromatic nitrogens is 1. The van der Waals surface area contributed by atoms with Crippen LogP contribution in [-0.2, 0) is 0 Å². The minimum Gasteiger partial charge on any atom is -0.362 e. The summed E-state index contributed by atoms with van der Waals surface area (Å²) in [5, 5.41) is 0. The molecule has 0 fully saturated rings. The van der Waals surface area contributed by atoms with E-state index in [1.165, 1.54) is 6.08 Å². The number of nitrogens with one attached hydrogen (secondary N) is 1. The first-order chi connectivity index (χ1) is 3.43. The summed E-state index contributed by atoms with van der Waals surface area (Å²) >= 11 is 0. The quantitative estimate of drug-likeness (QED) is 0.539. The summed E-state index contributed by atoms with van der Waals surface area (Å²) in [5.41, 5.74) is 0.958. The summed E-state index contributed by atoms with van der Waals surface area (Å²) in [6, 6.07) is 3.80. The molecule has 0 aliphatic rings. The Hall–Kier alpha value is -0.980. The monoisotopic (exact) mass is 92.1 g/mol. The van der Waals surface area contributed by atoms with Crippen molar-refractivity contribution in [3.63, 3.8) is 0 Å². The maximum atomic E-state index is 5.14. The molecule has 7 heavy (non-hydrogen) atoms. The van der Waals surface area contributed by atoms with Crippen LogP contribution in [0.4, 0.5) is 0 Å². The number of hydrogen-bond donors (Lipinski definition) is 1. The third-order valence-electron chi connectivity index (χ3n) is 0.802. The molecule has 35 valence electrons. The number of rotatable bonds is 1. The van der Waals surface area contributed by atoms with Crippen LogP contribution in [0.3, 0.4) is 0 Å². The molecule has 0 bridgehead atoms. The zero-order valence-corrected chi connectivity index (χ0v) is 3.89. The second-order valence-electron chi connectivity index (χ2n) is 1.29. The molecule has 0 saturated heterocycles. The van der Waals surface area contributed by atoms with Crippen LogP contribution < -0.4 is 0 Å². The molecule has 0 saturated carbocycles. The van der Waals surface area contributed by atoms with Crippen LogP contribution in [0.2, 0.25) is 0 Å². The average Bonchev–Trinajstić information content (AvgIpc) is 2.14. The second-order valence-corrected chi connectivity index (χ2v) is 1.29. The van der Waals surface area contributed by atoms with Crippen molar-refractivity contribution >= 4 is 6.08 Å². The Morgan fingerprint density at radius 3 is 2.86 bits per heavy atom. The lowest BCUT2D eigenvalue weighted by Crippen LogP contribution is -1.61. The van der Waals surface area contributed by atoms with E-state index in [1.54, 1.807) is 0 Å². The summed E-state index contributed by atoms with van der Waals surface area (Å²) in [6.45, 7) is 5.14. The average molecular weight is 92.1 g/mol. The molecule has 0 unspecified atom stereocenters. The Bertz CT molecular complexity index is 139. The van der Waals surface area contributed by atoms with Gasteiger partial charge in [0.15, 0.2) is 0 Å². The van der Waals surface area contributed by atoms with Gasteiger partial charge in [-0.1, -0.05) is 6.58 Å². The topological polar surface area (TPSA) is 15.8 Å². The van der Waals surface area contributed by atoms with Crippen LogP contribution in [0.5, 0.6) is 0 Å². The highest BCUT2D eigenvalue weighted by Gasteiger charge is 1.76. The first kappa shape index (κ1) is 4.19. The fourth-order valence-electron chi connectivity index (χ4n) is 0.448. The molecular formula is C6H6N. The van der Waals surface area contributed by atoms with Gasteiger partial charge in [0.25, 0.3) is 0 Å². The normalized spacial score (nSPS) is 8.57. The first-order valence-electron chi connectivity index (χ1n) is 2.12. The van der Waals surface area contributed by atoms with Gasteiger partial charge in [0.1, 0.15) is 0 Å². The molecule has 0 amide bonds. The molecule has 1 rings (SSSR count). The van der Waals surface area contributed by atoms with Crippen LogP contribution in [-0.4, -0.2) is 4.98 Å². The van der Waals surface area contributed by atoms with Gasteiger partial charge >= 0.3 is 0 Å². The SMILES string of the molecule is [CH]=Cc1ccc[nH]1. The van der Waals surface area contributed by atoms with E-state index in [0.717, 1.165) is 5.69 Å². The first-order valence-corrected chi connectivity index (χ1v) is 2.12. The van der Waals surface area contributed by atoms with Crippen molar-refractivity contribution in [3.05, 3.63) is 30.6 Å². The van der Waals surface area contributed by atoms with Crippen LogP contribution in [0.25, 0.3) is 6.08 Å². The molecule has 0 atom stereocenters. The molecule has 1 N–H and O–H groups in total. The lowest BCUT2D eigenvalue weighted by Gasteiger charge is -1.74. The Balaban J connectivity index is 2.96. The van der Waals surface area contributed by atoms with Crippen molar-refractivity contribution < 1.29 is 0 Å². The van der Waals surface area contributed by atoms with Gasteiger partial charge < -0.3 is 4.98 Å². The molecule has 0 spiro atoms. The van der Waals surface area contributed by atoms with E-state index in [4.69, 9.17) is 6.58 Å². The molecule has 0 aliphatic carbocycles. The Kier molecular flexibility index (Phi) is 0.984. The van der Waals surface area contributed by atoms with Gasteiger partial charge in [-0.25, -0.2) is 0 Å². The highest BCUT2D eigenvalue weighted by Crippen LogP contribution is 1.92. The summed E-state index contributed by atoms with van der Waals surface area (Å²) in [6.07, 6.45) is 3.36. The Labute approximate surface area is 42.7 Å². The van der Waals surface area contributed by atoms with Crippen molar-refractivity contribution in [1.82, 2.24) is 4.98 Å². The zero-order chi connectivity index (χ0) is 5.11. The van der Waals surface area contributed by atoms with Gasteiger partial charge in [0.05, 0.1) is 0 Å². The molecule has 0 aliphatic heterocycles. The maximum absolute atomic E-state index is 5.14. The number of H-pyrrole nitrogens is 1. The summed E-state index contributed by atoms with van der Waals surface area (Å²) in [4.78, 5) is 2.91. The van der Waals surface area contributed by atoms with E-state index >= 15 is 0 Å². The van der Waals surface area contributed by atoms with Gasteiger partial charge in [-0.3, -0.25) is 0 Å². The van der Waals surface area contributed by atoms with Crippen molar-refractivity contribution in [2.75, 3.05) is 0 Å². The minimum atomic E-state index is 0.958. The van der Waals surface area contributed by atoms with E-state index in [0.29, 0.717) is 0 Å². The molecule has 1 heteroatoms. The van der Waals surface area contributed by atoms with Crippen molar-refractivity contribution in [2.45, 2.75) is 0 Å². The largest absolute Gasteiger partial charge is 0.362 e. The summed E-state index contributed by atoms with van der Waals surface area (Å²) in [7, 11) is 0. The Morgan fingerprint density at radius 2 is 2.57 bits per heavy atom. The maximum Gasteiger partial charge on any atom is 0.0380 e. The van der Waals surface area contributed by atoms with Crippen LogP contribution in [0.15, 0.2) is 18.3 Å². The van der Waals surface area contributed by atoms with Gasteiger partial charge in [-0.15, -0.1) is 0 Å². The minimum absolute atomic E-state index is 0.958. The lowest BCUT2D eigenvalue weighted by atomic mass is 10.4. The fourth-order valence-corrected chi connectivity index (χ4v) is 0.448. The van der Waals surface area contributed by atoms with E-state index < -0.39 is 0 Å². The highest BCUT2D eigenvalue weighted by atomic mass is 14.7. The summed E-state index contributed by atoms with van der Waals surface area (Å²) in [5.74, 6) is 0. The lowest BCUT2D eigenvalue weighted by molar-refractivity contribution is 1.38. The van der Waals surface area contributed by atoms with Crippen LogP contribution in [0, 0.1) is 6.58 Å². The van der Waals surface area contributed by atoms with E-state index in [9.17, 15) is 0 Å². The second kappa shape index (κ2) is 1.65. The molecule has 1 aromatic heterocycles. The zero-order valence-electron chi connectivity index (χ0n) is 3.89. The predicted molar refractivity (Wildman–Crippen MR) is 29.6 cm³/mol. The van der Waals surface area contributed by atoms with Gasteiger partial charge in [0.2, 0.25) is 0 Å². The van der Waals surface area contributed by atoms with E-state index in [1.807, 2.05) is 18.3 Å². The van der Waals surface area contributed by atoms with E-state index in [2.05, 4.69) is 4.98 Å². The van der Waals surface area contributed by atoms with Crippen molar-refractivity contribution in [2.24, 2.45) is 0 Å². The third kappa shape index (κ3) is 0.712. The third-order valence-corrected chi connectivity index (χ3v) is 0.802. The molecular weight excluding hydrogens is 86.1 g/mol. The van der Waals surface area contributed by atoms with Gasteiger partial charge in [-0.05, 0) is 18.2 Å². The van der Waals surface area contributed by atoms with Crippen molar-refractivity contribution in [1.29, 1.82) is 0 Å². The number of hydrogen-bond acceptors (Lipinski definition) is 0. The van der Waals surface area contributed by atoms with Crippen LogP contribution in [0.1, 0.15) is 5.69 Å². The van der Waals surface area contributed by atoms with Gasteiger partial charge in [-0.2, -0.15) is 0 Å². The molecule has 0 aromatic carbocycles. The van der Waals surface area contributed by atoms with Crippen LogP contribution >= 0.6 is 0 Å². The van der Waals surface area contributed by atoms with E-state index in [-0.39, 0.29) is 0 Å². The molecule has 1 aromatic rings. The molecule has 1 heterocycles. The predicted octanol–water partition coefficient (Wildman–Crippen LogP) is 1.46. The van der Waals surface area contributed by atoms with Gasteiger partial charge in [0, 0.05) is 11.9 Å². The Morgan fingerprint density at radius 1 is 1.71 bits per heavy atom. The number of aromatic amines is 1. The standard InChI is InChI=1S/C6H6N/c1-2-6-4-3-5-7-6/h1-5,7H. The fraction of sp³-hybridized carbons (Fsp3) is 0. The molecule has 1 radical (unpaired) electrons. The highest BCUT2D eigenvalue weighted by molar-refractivity contribution is 5.39. The smallest absolute Gasteiger partial charge is 0.0380 e. The van der Waals surface area contributed by atoms with Crippen molar-refractivity contribution in [3.8, 4) is 0 Å². The molecule has 1 nitrogen and oxygen atoms in total. The summed E-state index contributed by atoms with van der Waals surface area (Å²) < 4.78 is 0.